The molecule has 38 heavy (non-hydrogen) atoms. The molecule has 1 atom stereocenters. The van der Waals surface area contributed by atoms with Gasteiger partial charge in [-0.3, -0.25) is 23.9 Å². The van der Waals surface area contributed by atoms with Gasteiger partial charge in [-0.15, -0.1) is 0 Å². The standard InChI is InChI=1S/C28H30N6O4/c1-16-26(18(3)38-32-16)21-13-23-20(14-25(21)37-12-8-11-29-19(4)35)27-24(15-31-23)33(5)28(36)34(27)17(2)22-9-6-7-10-30-22/h6-7,9-10,13-15,17H,8,11-12H2,1-5H3,(H,29,35). The maximum atomic E-state index is 13.5. The van der Waals surface area contributed by atoms with Crippen LogP contribution in [0, 0.1) is 13.8 Å². The third-order valence-electron chi connectivity index (χ3n) is 6.78. The monoisotopic (exact) mass is 514 g/mol. The fraction of sp³-hybridized carbons (Fsp3) is 0.321. The number of aromatic nitrogens is 5. The second kappa shape index (κ2) is 10.1. The smallest absolute Gasteiger partial charge is 0.329 e. The minimum atomic E-state index is -0.303. The minimum absolute atomic E-state index is 0.0790. The van der Waals surface area contributed by atoms with Crippen molar-refractivity contribution in [3.63, 3.8) is 0 Å². The van der Waals surface area contributed by atoms with E-state index in [1.807, 2.05) is 51.1 Å². The van der Waals surface area contributed by atoms with E-state index in [0.29, 0.717) is 42.1 Å². The molecule has 1 amide bonds. The van der Waals surface area contributed by atoms with Gasteiger partial charge in [-0.25, -0.2) is 4.79 Å². The van der Waals surface area contributed by atoms with Gasteiger partial charge in [-0.05, 0) is 51.5 Å². The summed E-state index contributed by atoms with van der Waals surface area (Å²) in [6, 6.07) is 9.27. The first-order chi connectivity index (χ1) is 18.3. The zero-order valence-corrected chi connectivity index (χ0v) is 22.1. The molecule has 0 aliphatic heterocycles. The Labute approximate surface area is 219 Å². The number of rotatable bonds is 8. The number of carbonyl (C=O) groups excluding carboxylic acids is 1. The molecule has 0 aliphatic rings. The van der Waals surface area contributed by atoms with E-state index in [1.165, 1.54) is 6.92 Å². The minimum Gasteiger partial charge on any atom is -0.493 e. The number of nitrogens with one attached hydrogen (secondary N) is 1. The highest BCUT2D eigenvalue weighted by atomic mass is 16.5. The second-order valence-corrected chi connectivity index (χ2v) is 9.38. The lowest BCUT2D eigenvalue weighted by molar-refractivity contribution is -0.118. The van der Waals surface area contributed by atoms with Crippen LogP contribution in [0.25, 0.3) is 33.1 Å². The molecule has 4 heterocycles. The van der Waals surface area contributed by atoms with E-state index >= 15 is 0 Å². The van der Waals surface area contributed by atoms with Crippen molar-refractivity contribution >= 4 is 27.8 Å². The summed E-state index contributed by atoms with van der Waals surface area (Å²) in [5, 5.41) is 7.70. The van der Waals surface area contributed by atoms with Crippen LogP contribution in [0.15, 0.2) is 52.0 Å². The number of amides is 1. The Bertz CT molecular complexity index is 1680. The van der Waals surface area contributed by atoms with Crippen molar-refractivity contribution in [3.05, 3.63) is 70.4 Å². The molecule has 0 saturated carbocycles. The van der Waals surface area contributed by atoms with Crippen molar-refractivity contribution in [2.24, 2.45) is 7.05 Å². The van der Waals surface area contributed by atoms with Gasteiger partial charge in [0.05, 0.1) is 52.3 Å². The summed E-state index contributed by atoms with van der Waals surface area (Å²) < 4.78 is 15.1. The number of pyridine rings is 2. The Morgan fingerprint density at radius 2 is 2.03 bits per heavy atom. The molecule has 196 valence electrons. The van der Waals surface area contributed by atoms with Crippen molar-refractivity contribution in [2.75, 3.05) is 13.2 Å². The van der Waals surface area contributed by atoms with Gasteiger partial charge in [0.1, 0.15) is 11.5 Å². The van der Waals surface area contributed by atoms with E-state index in [4.69, 9.17) is 14.2 Å². The summed E-state index contributed by atoms with van der Waals surface area (Å²) in [6.45, 7) is 8.10. The highest BCUT2D eigenvalue weighted by Crippen LogP contribution is 2.39. The van der Waals surface area contributed by atoms with Gasteiger partial charge in [-0.1, -0.05) is 11.2 Å². The lowest BCUT2D eigenvalue weighted by Gasteiger charge is -2.16. The van der Waals surface area contributed by atoms with Crippen LogP contribution in [-0.2, 0) is 11.8 Å². The van der Waals surface area contributed by atoms with Crippen molar-refractivity contribution in [3.8, 4) is 16.9 Å². The van der Waals surface area contributed by atoms with E-state index < -0.39 is 0 Å². The van der Waals surface area contributed by atoms with Crippen molar-refractivity contribution in [1.29, 1.82) is 0 Å². The van der Waals surface area contributed by atoms with Crippen LogP contribution in [0.4, 0.5) is 0 Å². The average molecular weight is 515 g/mol. The van der Waals surface area contributed by atoms with Gasteiger partial charge in [0.25, 0.3) is 0 Å². The van der Waals surface area contributed by atoms with Crippen LogP contribution in [0.1, 0.15) is 43.5 Å². The van der Waals surface area contributed by atoms with Crippen LogP contribution in [0.2, 0.25) is 0 Å². The van der Waals surface area contributed by atoms with Crippen LogP contribution >= 0.6 is 0 Å². The molecule has 0 radical (unpaired) electrons. The largest absolute Gasteiger partial charge is 0.493 e. The lowest BCUT2D eigenvalue weighted by Crippen LogP contribution is -2.25. The van der Waals surface area contributed by atoms with Crippen molar-refractivity contribution in [2.45, 2.75) is 40.2 Å². The normalized spacial score (nSPS) is 12.2. The van der Waals surface area contributed by atoms with Crippen LogP contribution < -0.4 is 15.7 Å². The predicted octanol–water partition coefficient (Wildman–Crippen LogP) is 4.07. The van der Waals surface area contributed by atoms with E-state index in [2.05, 4.69) is 15.5 Å². The third-order valence-corrected chi connectivity index (χ3v) is 6.78. The van der Waals surface area contributed by atoms with Crippen molar-refractivity contribution in [1.82, 2.24) is 29.6 Å². The Morgan fingerprint density at radius 1 is 1.21 bits per heavy atom. The molecule has 5 aromatic rings. The molecule has 1 aromatic carbocycles. The van der Waals surface area contributed by atoms with Crippen LogP contribution in [-0.4, -0.2) is 43.3 Å². The summed E-state index contributed by atoms with van der Waals surface area (Å²) >= 11 is 0. The molecule has 1 N–H and O–H groups in total. The molecule has 0 bridgehead atoms. The number of hydrogen-bond acceptors (Lipinski definition) is 7. The van der Waals surface area contributed by atoms with Gasteiger partial charge < -0.3 is 14.6 Å². The third kappa shape index (κ3) is 4.42. The van der Waals surface area contributed by atoms with Gasteiger partial charge in [-0.2, -0.15) is 0 Å². The summed E-state index contributed by atoms with van der Waals surface area (Å²) in [6.07, 6.45) is 4.09. The second-order valence-electron chi connectivity index (χ2n) is 9.38. The lowest BCUT2D eigenvalue weighted by atomic mass is 10.00. The highest BCUT2D eigenvalue weighted by molar-refractivity contribution is 6.05. The molecule has 10 heteroatoms. The molecule has 0 fully saturated rings. The number of imidazole rings is 1. The first kappa shape index (κ1) is 25.2. The van der Waals surface area contributed by atoms with Gasteiger partial charge in [0.15, 0.2) is 0 Å². The summed E-state index contributed by atoms with van der Waals surface area (Å²) in [7, 11) is 1.75. The number of hydrogen-bond donors (Lipinski definition) is 1. The Kier molecular flexibility index (Phi) is 6.71. The molecular weight excluding hydrogens is 484 g/mol. The van der Waals surface area contributed by atoms with Crippen LogP contribution in [0.3, 0.4) is 0 Å². The van der Waals surface area contributed by atoms with Gasteiger partial charge in [0, 0.05) is 37.7 Å². The van der Waals surface area contributed by atoms with Gasteiger partial charge >= 0.3 is 5.69 Å². The SMILES string of the molecule is CC(=O)NCCCOc1cc2c(cc1-c1c(C)noc1C)ncc1c2n(C(C)c2ccccn2)c(=O)n1C. The first-order valence-corrected chi connectivity index (χ1v) is 12.5. The number of ether oxygens (including phenoxy) is 1. The number of nitrogens with zero attached hydrogens (tertiary/aromatic N) is 5. The molecule has 10 nitrogen and oxygen atoms in total. The number of fused-ring (bicyclic) bond motifs is 3. The topological polar surface area (TPSA) is 117 Å². The molecule has 1 unspecified atom stereocenters. The molecule has 0 spiro atoms. The Morgan fingerprint density at radius 3 is 2.71 bits per heavy atom. The maximum absolute atomic E-state index is 13.5. The summed E-state index contributed by atoms with van der Waals surface area (Å²) in [5.74, 6) is 1.22. The quantitative estimate of drug-likeness (QED) is 0.310. The fourth-order valence-electron chi connectivity index (χ4n) is 4.87. The molecular formula is C28H30N6O4. The fourth-order valence-corrected chi connectivity index (χ4v) is 4.87. The van der Waals surface area contributed by atoms with Gasteiger partial charge in [0.2, 0.25) is 5.91 Å². The summed E-state index contributed by atoms with van der Waals surface area (Å²) in [5.41, 5.74) is 5.22. The Balaban J connectivity index is 1.71. The zero-order chi connectivity index (χ0) is 27.0. The number of carbonyl (C=O) groups is 1. The van der Waals surface area contributed by atoms with Crippen LogP contribution in [0.5, 0.6) is 5.75 Å². The highest BCUT2D eigenvalue weighted by Gasteiger charge is 2.23. The molecule has 4 aromatic heterocycles. The molecule has 0 aliphatic carbocycles. The maximum Gasteiger partial charge on any atom is 0.329 e. The van der Waals surface area contributed by atoms with E-state index in [-0.39, 0.29) is 17.6 Å². The molecule has 5 rings (SSSR count). The Hall–Kier alpha value is -4.47. The predicted molar refractivity (Wildman–Crippen MR) is 144 cm³/mol. The first-order valence-electron chi connectivity index (χ1n) is 12.5. The zero-order valence-electron chi connectivity index (χ0n) is 22.1. The summed E-state index contributed by atoms with van der Waals surface area (Å²) in [4.78, 5) is 33.9. The number of benzene rings is 1. The molecule has 0 saturated heterocycles. The number of aryl methyl sites for hydroxylation is 3. The average Bonchev–Trinajstić information content (AvgIpc) is 3.38. The van der Waals surface area contributed by atoms with E-state index in [1.54, 1.807) is 28.6 Å². The van der Waals surface area contributed by atoms with Crippen molar-refractivity contribution < 1.29 is 14.1 Å². The van der Waals surface area contributed by atoms with E-state index in [9.17, 15) is 9.59 Å². The van der Waals surface area contributed by atoms with E-state index in [0.717, 1.165) is 33.4 Å².